The molecule has 28 heavy (non-hydrogen) atoms. The van der Waals surface area contributed by atoms with E-state index < -0.39 is 0 Å². The van der Waals surface area contributed by atoms with Gasteiger partial charge in [0, 0.05) is 49.7 Å². The van der Waals surface area contributed by atoms with Crippen molar-refractivity contribution in [2.75, 3.05) is 0 Å². The van der Waals surface area contributed by atoms with Crippen LogP contribution in [0, 0.1) is 0 Å². The van der Waals surface area contributed by atoms with E-state index in [1.165, 1.54) is 4.68 Å². The quantitative estimate of drug-likeness (QED) is 0.496. The van der Waals surface area contributed by atoms with Crippen LogP contribution in [-0.4, -0.2) is 34.5 Å². The van der Waals surface area contributed by atoms with Gasteiger partial charge in [0.05, 0.1) is 10.9 Å². The fraction of sp³-hybridized carbons (Fsp3) is 0.211. The Morgan fingerprint density at radius 1 is 1.21 bits per heavy atom. The van der Waals surface area contributed by atoms with E-state index in [4.69, 9.17) is 4.98 Å². The van der Waals surface area contributed by atoms with E-state index in [0.717, 1.165) is 32.0 Å². The van der Waals surface area contributed by atoms with Gasteiger partial charge in [0.2, 0.25) is 0 Å². The topological polar surface area (TPSA) is 94.3 Å². The van der Waals surface area contributed by atoms with E-state index >= 15 is 0 Å². The number of hydrogen-bond acceptors (Lipinski definition) is 6. The van der Waals surface area contributed by atoms with E-state index in [2.05, 4.69) is 20.3 Å². The zero-order valence-corrected chi connectivity index (χ0v) is 16.0. The summed E-state index contributed by atoms with van der Waals surface area (Å²) < 4.78 is 4.39. The van der Waals surface area contributed by atoms with Crippen molar-refractivity contribution in [3.8, 4) is 0 Å². The smallest absolute Gasteiger partial charge is 0.291 e. The molecule has 0 amide bonds. The van der Waals surface area contributed by atoms with Crippen molar-refractivity contribution >= 4 is 32.6 Å². The second-order valence-electron chi connectivity index (χ2n) is 6.62. The molecule has 9 heteroatoms. The van der Waals surface area contributed by atoms with E-state index in [-0.39, 0.29) is 5.56 Å². The highest BCUT2D eigenvalue weighted by atomic mass is 32.1. The first kappa shape index (κ1) is 16.8. The third kappa shape index (κ3) is 2.80. The lowest BCUT2D eigenvalue weighted by molar-refractivity contribution is 0.581. The average Bonchev–Trinajstić information content (AvgIpc) is 3.42. The molecule has 0 aromatic carbocycles. The Kier molecular flexibility index (Phi) is 4.01. The van der Waals surface area contributed by atoms with Gasteiger partial charge in [-0.3, -0.25) is 14.9 Å². The standard InChI is InChI=1S/C19H17N7OS/c1-25-16-14(17-18(25)23-15(28-17)9-13-4-7-21-24-13)11-22-26(19(16)27)8-5-12-3-2-6-20-10-12/h2-4,6-7,10-11H,5,8-9H2,1H3,(H,21,24). The number of rotatable bonds is 5. The Morgan fingerprint density at radius 2 is 2.14 bits per heavy atom. The molecule has 8 nitrogen and oxygen atoms in total. The van der Waals surface area contributed by atoms with Crippen LogP contribution in [0.5, 0.6) is 0 Å². The van der Waals surface area contributed by atoms with Crippen LogP contribution in [0.4, 0.5) is 0 Å². The minimum absolute atomic E-state index is 0.0933. The van der Waals surface area contributed by atoms with Gasteiger partial charge in [0.25, 0.3) is 5.56 Å². The number of nitrogens with zero attached hydrogens (tertiary/aromatic N) is 6. The van der Waals surface area contributed by atoms with E-state index in [1.54, 1.807) is 29.9 Å². The van der Waals surface area contributed by atoms with E-state index in [9.17, 15) is 4.79 Å². The summed E-state index contributed by atoms with van der Waals surface area (Å²) in [5.41, 5.74) is 3.46. The number of nitrogens with one attached hydrogen (secondary N) is 1. The van der Waals surface area contributed by atoms with Crippen LogP contribution in [0.1, 0.15) is 16.3 Å². The van der Waals surface area contributed by atoms with Crippen molar-refractivity contribution in [1.29, 1.82) is 0 Å². The van der Waals surface area contributed by atoms with Crippen LogP contribution >= 0.6 is 11.3 Å². The molecule has 0 aliphatic carbocycles. The maximum atomic E-state index is 13.0. The van der Waals surface area contributed by atoms with Gasteiger partial charge in [-0.15, -0.1) is 11.3 Å². The summed E-state index contributed by atoms with van der Waals surface area (Å²) in [5.74, 6) is 0. The molecule has 0 atom stereocenters. The van der Waals surface area contributed by atoms with Gasteiger partial charge in [-0.05, 0) is 24.1 Å². The predicted molar refractivity (Wildman–Crippen MR) is 107 cm³/mol. The van der Waals surface area contributed by atoms with Gasteiger partial charge in [-0.1, -0.05) is 6.07 Å². The number of aromatic nitrogens is 7. The molecule has 0 saturated carbocycles. The summed E-state index contributed by atoms with van der Waals surface area (Å²) in [7, 11) is 1.89. The maximum Gasteiger partial charge on any atom is 0.291 e. The number of aryl methyl sites for hydroxylation is 3. The molecule has 5 aromatic heterocycles. The number of hydrogen-bond donors (Lipinski definition) is 1. The minimum Gasteiger partial charge on any atom is -0.323 e. The molecule has 0 bridgehead atoms. The molecule has 140 valence electrons. The summed E-state index contributed by atoms with van der Waals surface area (Å²) in [4.78, 5) is 21.9. The molecule has 5 rings (SSSR count). The zero-order chi connectivity index (χ0) is 19.1. The number of fused-ring (bicyclic) bond motifs is 3. The van der Waals surface area contributed by atoms with Crippen molar-refractivity contribution in [3.05, 3.63) is 69.6 Å². The van der Waals surface area contributed by atoms with Gasteiger partial charge in [0.1, 0.15) is 10.5 Å². The molecule has 0 saturated heterocycles. The average molecular weight is 391 g/mol. The fourth-order valence-electron chi connectivity index (χ4n) is 3.39. The SMILES string of the molecule is Cn1c2nc(Cc3ccn[nH]3)sc2c2cnn(CCc3cccnc3)c(=O)c21. The van der Waals surface area contributed by atoms with Gasteiger partial charge >= 0.3 is 0 Å². The molecule has 0 aliphatic rings. The summed E-state index contributed by atoms with van der Waals surface area (Å²) in [6.45, 7) is 0.512. The van der Waals surface area contributed by atoms with E-state index in [1.807, 2.05) is 36.0 Å². The van der Waals surface area contributed by atoms with Crippen LogP contribution < -0.4 is 5.56 Å². The van der Waals surface area contributed by atoms with Crippen LogP contribution in [-0.2, 0) is 26.4 Å². The van der Waals surface area contributed by atoms with Crippen molar-refractivity contribution < 1.29 is 0 Å². The van der Waals surface area contributed by atoms with Crippen LogP contribution in [0.25, 0.3) is 21.3 Å². The van der Waals surface area contributed by atoms with Gasteiger partial charge in [-0.25, -0.2) is 9.67 Å². The summed E-state index contributed by atoms with van der Waals surface area (Å²) in [5, 5.41) is 13.2. The largest absolute Gasteiger partial charge is 0.323 e. The third-order valence-electron chi connectivity index (χ3n) is 4.80. The number of thiazole rings is 1. The molecule has 1 N–H and O–H groups in total. The molecule has 0 aliphatic heterocycles. The second-order valence-corrected chi connectivity index (χ2v) is 7.71. The maximum absolute atomic E-state index is 13.0. The monoisotopic (exact) mass is 391 g/mol. The molecule has 0 unspecified atom stereocenters. The fourth-order valence-corrected chi connectivity index (χ4v) is 4.52. The van der Waals surface area contributed by atoms with Crippen molar-refractivity contribution in [3.63, 3.8) is 0 Å². The lowest BCUT2D eigenvalue weighted by Gasteiger charge is -2.05. The molecule has 0 radical (unpaired) electrons. The van der Waals surface area contributed by atoms with Gasteiger partial charge < -0.3 is 4.57 Å². The normalized spacial score (nSPS) is 11.6. The van der Waals surface area contributed by atoms with Crippen molar-refractivity contribution in [1.82, 2.24) is 34.5 Å². The zero-order valence-electron chi connectivity index (χ0n) is 15.2. The molecular weight excluding hydrogens is 374 g/mol. The summed E-state index contributed by atoms with van der Waals surface area (Å²) in [6.07, 6.45) is 8.46. The third-order valence-corrected chi connectivity index (χ3v) is 5.88. The van der Waals surface area contributed by atoms with Crippen LogP contribution in [0.3, 0.4) is 0 Å². The molecule has 0 spiro atoms. The highest BCUT2D eigenvalue weighted by molar-refractivity contribution is 7.19. The predicted octanol–water partition coefficient (Wildman–Crippen LogP) is 2.30. The molecular formula is C19H17N7OS. The highest BCUT2D eigenvalue weighted by Crippen LogP contribution is 2.31. The summed E-state index contributed by atoms with van der Waals surface area (Å²) >= 11 is 1.59. The molecule has 5 aromatic rings. The Hall–Kier alpha value is -3.33. The molecule has 0 fully saturated rings. The number of H-pyrrole nitrogens is 1. The second kappa shape index (κ2) is 6.68. The Morgan fingerprint density at radius 3 is 2.93 bits per heavy atom. The Bertz CT molecular complexity index is 1320. The van der Waals surface area contributed by atoms with Crippen LogP contribution in [0.15, 0.2) is 47.8 Å². The van der Waals surface area contributed by atoms with Gasteiger partial charge in [-0.2, -0.15) is 10.2 Å². The first-order chi connectivity index (χ1) is 13.7. The van der Waals surface area contributed by atoms with E-state index in [0.29, 0.717) is 24.9 Å². The van der Waals surface area contributed by atoms with Crippen molar-refractivity contribution in [2.45, 2.75) is 19.4 Å². The lowest BCUT2D eigenvalue weighted by atomic mass is 10.2. The summed E-state index contributed by atoms with van der Waals surface area (Å²) in [6, 6.07) is 5.83. The lowest BCUT2D eigenvalue weighted by Crippen LogP contribution is -2.25. The number of aromatic amines is 1. The minimum atomic E-state index is -0.0933. The van der Waals surface area contributed by atoms with Crippen LogP contribution in [0.2, 0.25) is 0 Å². The number of pyridine rings is 1. The Balaban J connectivity index is 1.51. The Labute approximate surface area is 163 Å². The van der Waals surface area contributed by atoms with Gasteiger partial charge in [0.15, 0.2) is 5.65 Å². The first-order valence-corrected chi connectivity index (χ1v) is 9.73. The van der Waals surface area contributed by atoms with Crippen molar-refractivity contribution in [2.24, 2.45) is 7.05 Å². The first-order valence-electron chi connectivity index (χ1n) is 8.92. The molecule has 5 heterocycles. The highest BCUT2D eigenvalue weighted by Gasteiger charge is 2.18.